The summed E-state index contributed by atoms with van der Waals surface area (Å²) in [6, 6.07) is 37.3. The molecule has 2 saturated heterocycles. The average molecular weight is 1300 g/mol. The van der Waals surface area contributed by atoms with E-state index in [1.807, 2.05) is 91.8 Å². The van der Waals surface area contributed by atoms with E-state index in [1.165, 1.54) is 48.3 Å². The molecule has 22 heteroatoms. The van der Waals surface area contributed by atoms with E-state index in [4.69, 9.17) is 14.2 Å². The second kappa shape index (κ2) is 32.1. The van der Waals surface area contributed by atoms with Gasteiger partial charge in [0, 0.05) is 108 Å². The van der Waals surface area contributed by atoms with Crippen molar-refractivity contribution < 1.29 is 66.5 Å². The van der Waals surface area contributed by atoms with Crippen LogP contribution in [0.5, 0.6) is 0 Å². The van der Waals surface area contributed by atoms with Gasteiger partial charge in [-0.3, -0.25) is 19.4 Å². The van der Waals surface area contributed by atoms with Gasteiger partial charge < -0.3 is 48.6 Å². The van der Waals surface area contributed by atoms with Crippen LogP contribution in [0.15, 0.2) is 138 Å². The molecular weight excluding hydrogens is 1220 g/mol. The number of amides is 4. The highest BCUT2D eigenvalue weighted by molar-refractivity contribution is 9.10. The average Bonchev–Trinajstić information content (AvgIpc) is 3.27. The Morgan fingerprint density at radius 1 is 0.544 bits per heavy atom. The molecule has 90 heavy (non-hydrogen) atoms. The lowest BCUT2D eigenvalue weighted by Gasteiger charge is -2.40. The standard InChI is InChI=1S/C34H40FN3O5.C17H27BN2O4.C17H15BrFNO3/c1-23-20-37(15-16-38(23)33(41)43-34(2,3)4)22-24-9-7-10-26(17-24)29-18-25(13-14-30(29)35)21-36(5)31(39)27-11-8-12-28(19-27)32(40)42-6;1-13-11-19(8-9-20(13)16(21)24-17(2,3)4)12-14-6-5-7-15(10-14)18(22)23;1-20(10-11-6-7-15(19)14(18)8-11)16(21)12-4-3-5-13(9-12)17(22)23-2/h7-14,17-19,23H,15-16,20-22H2,1-6H3;5-7,10,13,22-23H,8-9,11-12H2,1-4H3;3-9H,10H2,1-2H3/t23-;13-;/m00./s1. The van der Waals surface area contributed by atoms with Crippen LogP contribution >= 0.6 is 15.9 Å². The first-order chi connectivity index (χ1) is 42.4. The molecule has 6 aromatic carbocycles. The lowest BCUT2D eigenvalue weighted by Crippen LogP contribution is -2.54. The maximum absolute atomic E-state index is 15.1. The molecule has 6 aromatic rings. The van der Waals surface area contributed by atoms with Crippen LogP contribution in [0.1, 0.15) is 119 Å². The van der Waals surface area contributed by atoms with Crippen LogP contribution in [0, 0.1) is 11.6 Å². The zero-order chi connectivity index (χ0) is 66.2. The van der Waals surface area contributed by atoms with Crippen molar-refractivity contribution in [2.24, 2.45) is 0 Å². The topological polar surface area (TPSA) is 199 Å². The number of nitrogens with zero attached hydrogens (tertiary/aromatic N) is 6. The third kappa shape index (κ3) is 21.0. The van der Waals surface area contributed by atoms with E-state index in [2.05, 4.69) is 30.5 Å². The van der Waals surface area contributed by atoms with Crippen molar-refractivity contribution in [2.75, 3.05) is 67.6 Å². The van der Waals surface area contributed by atoms with Gasteiger partial charge in [-0.25, -0.2) is 28.0 Å². The van der Waals surface area contributed by atoms with Crippen molar-refractivity contribution in [1.82, 2.24) is 29.4 Å². The van der Waals surface area contributed by atoms with Gasteiger partial charge in [-0.1, -0.05) is 66.7 Å². The number of piperazine rings is 2. The summed E-state index contributed by atoms with van der Waals surface area (Å²) in [5.74, 6) is -2.21. The van der Waals surface area contributed by atoms with Crippen LogP contribution < -0.4 is 5.46 Å². The van der Waals surface area contributed by atoms with Gasteiger partial charge in [-0.15, -0.1) is 0 Å². The first-order valence-corrected chi connectivity index (χ1v) is 30.3. The highest BCUT2D eigenvalue weighted by atomic mass is 79.9. The molecule has 2 aliphatic heterocycles. The number of ether oxygens (including phenoxy) is 4. The van der Waals surface area contributed by atoms with Gasteiger partial charge >= 0.3 is 31.2 Å². The molecule has 0 aromatic heterocycles. The summed E-state index contributed by atoms with van der Waals surface area (Å²) in [7, 11) is 4.44. The summed E-state index contributed by atoms with van der Waals surface area (Å²) in [5, 5.41) is 18.5. The zero-order valence-electron chi connectivity index (χ0n) is 53.3. The molecule has 2 heterocycles. The number of carbonyl (C=O) groups is 6. The smallest absolute Gasteiger partial charge is 0.465 e. The fourth-order valence-corrected chi connectivity index (χ4v) is 10.6. The number of methoxy groups -OCH3 is 2. The third-order valence-corrected chi connectivity index (χ3v) is 15.2. The monoisotopic (exact) mass is 1300 g/mol. The van der Waals surface area contributed by atoms with Crippen LogP contribution in [-0.2, 0) is 45.1 Å². The summed E-state index contributed by atoms with van der Waals surface area (Å²) in [6.45, 7) is 21.3. The fraction of sp³-hybridized carbons (Fsp3) is 0.382. The van der Waals surface area contributed by atoms with Crippen molar-refractivity contribution in [2.45, 2.75) is 105 Å². The molecular formula is C68H82BBrF2N6O12. The minimum Gasteiger partial charge on any atom is -0.465 e. The Labute approximate surface area is 535 Å². The highest BCUT2D eigenvalue weighted by Crippen LogP contribution is 2.28. The molecule has 0 saturated carbocycles. The molecule has 2 fully saturated rings. The minimum atomic E-state index is -1.45. The Hall–Kier alpha value is -8.02. The maximum Gasteiger partial charge on any atom is 0.488 e. The van der Waals surface area contributed by atoms with Gasteiger partial charge in [0.2, 0.25) is 0 Å². The van der Waals surface area contributed by atoms with Crippen LogP contribution in [0.25, 0.3) is 11.1 Å². The molecule has 0 aliphatic carbocycles. The summed E-state index contributed by atoms with van der Waals surface area (Å²) in [6.07, 6.45) is -0.556. The van der Waals surface area contributed by atoms with Crippen LogP contribution in [0.2, 0.25) is 0 Å². The molecule has 2 atom stereocenters. The highest BCUT2D eigenvalue weighted by Gasteiger charge is 2.33. The SMILES string of the molecule is COC(=O)c1cccc(C(=O)N(C)Cc2ccc(F)c(-c3cccc(CN4CCN(C(=O)OC(C)(C)C)[C@@H](C)C4)c3)c2)c1.COC(=O)c1cccc(C(=O)N(C)Cc2ccc(F)c(Br)c2)c1.C[C@H]1CN(Cc2cccc(B(O)O)c2)CCN1C(=O)OC(C)(C)C. The summed E-state index contributed by atoms with van der Waals surface area (Å²) < 4.78 is 49.1. The number of carbonyl (C=O) groups excluding carboxylic acids is 6. The Morgan fingerprint density at radius 2 is 0.967 bits per heavy atom. The third-order valence-electron chi connectivity index (χ3n) is 14.6. The second-order valence-electron chi connectivity index (χ2n) is 24.4. The fourth-order valence-electron chi connectivity index (χ4n) is 10.2. The molecule has 480 valence electrons. The molecule has 0 spiro atoms. The van der Waals surface area contributed by atoms with Crippen molar-refractivity contribution in [3.8, 4) is 11.1 Å². The summed E-state index contributed by atoms with van der Waals surface area (Å²) in [5.41, 5.74) is 5.66. The quantitative estimate of drug-likeness (QED) is 0.0593. The number of hydrogen-bond acceptors (Lipinski definition) is 14. The molecule has 0 bridgehead atoms. The van der Waals surface area contributed by atoms with Crippen molar-refractivity contribution >= 4 is 64.5 Å². The van der Waals surface area contributed by atoms with Gasteiger partial charge in [-0.05, 0) is 171 Å². The van der Waals surface area contributed by atoms with Gasteiger partial charge in [-0.2, -0.15) is 0 Å². The van der Waals surface area contributed by atoms with Gasteiger partial charge in [0.05, 0.1) is 29.8 Å². The Balaban J connectivity index is 0.000000233. The van der Waals surface area contributed by atoms with Gasteiger partial charge in [0.1, 0.15) is 22.8 Å². The minimum absolute atomic E-state index is 0.00329. The number of esters is 2. The van der Waals surface area contributed by atoms with Gasteiger partial charge in [0.25, 0.3) is 11.8 Å². The number of halogens is 3. The summed E-state index contributed by atoms with van der Waals surface area (Å²) in [4.78, 5) is 84.9. The molecule has 0 unspecified atom stereocenters. The lowest BCUT2D eigenvalue weighted by molar-refractivity contribution is -0.000424. The predicted octanol–water partition coefficient (Wildman–Crippen LogP) is 10.4. The molecule has 8 rings (SSSR count). The van der Waals surface area contributed by atoms with E-state index in [1.54, 1.807) is 96.7 Å². The van der Waals surface area contributed by atoms with E-state index in [9.17, 15) is 43.2 Å². The van der Waals surface area contributed by atoms with Crippen LogP contribution in [0.4, 0.5) is 18.4 Å². The maximum atomic E-state index is 15.1. The number of hydrogen-bond donors (Lipinski definition) is 2. The van der Waals surface area contributed by atoms with E-state index in [0.717, 1.165) is 40.9 Å². The van der Waals surface area contributed by atoms with Crippen LogP contribution in [0.3, 0.4) is 0 Å². The van der Waals surface area contributed by atoms with Crippen molar-refractivity contribution in [3.63, 3.8) is 0 Å². The molecule has 2 aliphatic rings. The molecule has 0 radical (unpaired) electrons. The normalized spacial score (nSPS) is 15.2. The Morgan fingerprint density at radius 3 is 1.40 bits per heavy atom. The molecule has 18 nitrogen and oxygen atoms in total. The zero-order valence-corrected chi connectivity index (χ0v) is 54.9. The summed E-state index contributed by atoms with van der Waals surface area (Å²) >= 11 is 3.12. The number of rotatable bonds is 14. The van der Waals surface area contributed by atoms with Crippen molar-refractivity contribution in [3.05, 3.63) is 194 Å². The first-order valence-electron chi connectivity index (χ1n) is 29.5. The van der Waals surface area contributed by atoms with E-state index in [-0.39, 0.29) is 54.3 Å². The van der Waals surface area contributed by atoms with E-state index in [0.29, 0.717) is 83.6 Å². The first kappa shape index (κ1) is 71.1. The second-order valence-corrected chi connectivity index (χ2v) is 25.2. The molecule has 2 N–H and O–H groups in total. The van der Waals surface area contributed by atoms with Crippen molar-refractivity contribution in [1.29, 1.82) is 0 Å². The van der Waals surface area contributed by atoms with E-state index >= 15 is 4.39 Å². The number of benzene rings is 6. The van der Waals surface area contributed by atoms with Crippen LogP contribution in [-0.4, -0.2) is 173 Å². The van der Waals surface area contributed by atoms with E-state index < -0.39 is 30.3 Å². The lowest BCUT2D eigenvalue weighted by atomic mass is 9.79. The van der Waals surface area contributed by atoms with Gasteiger partial charge in [0.15, 0.2) is 0 Å². The predicted molar refractivity (Wildman–Crippen MR) is 345 cm³/mol. The Kier molecular flexibility index (Phi) is 25.4. The Bertz CT molecular complexity index is 3490. The largest absolute Gasteiger partial charge is 0.488 e. The molecule has 4 amide bonds.